The number of hydrogen-bond acceptors (Lipinski definition) is 5. The van der Waals surface area contributed by atoms with Crippen molar-refractivity contribution in [1.82, 2.24) is 15.5 Å². The number of benzene rings is 1. The van der Waals surface area contributed by atoms with Gasteiger partial charge in [-0.3, -0.25) is 15.1 Å². The standard InChI is InChI=1S/C13H15FN4O2/c1-18(7-9-2-4-10(14)5-3-9)8-11-6-12(17-20-11)13(19)16-15/h2-6H,7-8,15H2,1H3,(H,16,19). The molecule has 1 heterocycles. The van der Waals surface area contributed by atoms with Gasteiger partial charge in [0.15, 0.2) is 11.5 Å². The second-order valence-corrected chi connectivity index (χ2v) is 4.45. The van der Waals surface area contributed by atoms with Crippen LogP contribution in [-0.2, 0) is 13.1 Å². The van der Waals surface area contributed by atoms with Gasteiger partial charge in [-0.15, -0.1) is 0 Å². The maximum Gasteiger partial charge on any atom is 0.287 e. The molecule has 7 heteroatoms. The third-order valence-electron chi connectivity index (χ3n) is 2.71. The Hall–Kier alpha value is -2.25. The highest BCUT2D eigenvalue weighted by Crippen LogP contribution is 2.10. The third kappa shape index (κ3) is 3.62. The number of rotatable bonds is 5. The quantitative estimate of drug-likeness (QED) is 0.485. The zero-order chi connectivity index (χ0) is 14.5. The molecule has 0 unspecified atom stereocenters. The van der Waals surface area contributed by atoms with Crippen LogP contribution in [0.2, 0.25) is 0 Å². The summed E-state index contributed by atoms with van der Waals surface area (Å²) in [5.74, 6) is 4.80. The largest absolute Gasteiger partial charge is 0.359 e. The van der Waals surface area contributed by atoms with E-state index in [-0.39, 0.29) is 11.5 Å². The average Bonchev–Trinajstić information content (AvgIpc) is 2.89. The summed E-state index contributed by atoms with van der Waals surface area (Å²) in [6.45, 7) is 1.10. The van der Waals surface area contributed by atoms with Crippen LogP contribution >= 0.6 is 0 Å². The predicted octanol–water partition coefficient (Wildman–Crippen LogP) is 1.05. The maximum absolute atomic E-state index is 12.8. The molecule has 20 heavy (non-hydrogen) atoms. The molecule has 3 N–H and O–H groups in total. The molecule has 0 spiro atoms. The van der Waals surface area contributed by atoms with Gasteiger partial charge in [0.05, 0.1) is 6.54 Å². The van der Waals surface area contributed by atoms with Gasteiger partial charge >= 0.3 is 0 Å². The normalized spacial score (nSPS) is 10.8. The maximum atomic E-state index is 12.8. The molecule has 0 aliphatic carbocycles. The van der Waals surface area contributed by atoms with Crippen molar-refractivity contribution >= 4 is 5.91 Å². The van der Waals surface area contributed by atoms with Gasteiger partial charge in [0.25, 0.3) is 5.91 Å². The van der Waals surface area contributed by atoms with Crippen LogP contribution < -0.4 is 11.3 Å². The molecule has 1 aromatic carbocycles. The summed E-state index contributed by atoms with van der Waals surface area (Å²) < 4.78 is 17.8. The molecule has 2 aromatic rings. The van der Waals surface area contributed by atoms with E-state index in [9.17, 15) is 9.18 Å². The molecule has 0 radical (unpaired) electrons. The van der Waals surface area contributed by atoms with E-state index in [4.69, 9.17) is 10.4 Å². The number of nitrogens with one attached hydrogen (secondary N) is 1. The molecule has 1 amide bonds. The van der Waals surface area contributed by atoms with Crippen LogP contribution in [0.5, 0.6) is 0 Å². The highest BCUT2D eigenvalue weighted by atomic mass is 19.1. The Labute approximate surface area is 115 Å². The molecule has 0 bridgehead atoms. The molecule has 0 aliphatic rings. The van der Waals surface area contributed by atoms with E-state index in [0.29, 0.717) is 18.8 Å². The van der Waals surface area contributed by atoms with Crippen molar-refractivity contribution in [1.29, 1.82) is 0 Å². The van der Waals surface area contributed by atoms with Gasteiger partial charge in [-0.25, -0.2) is 10.2 Å². The number of nitrogens with two attached hydrogens (primary N) is 1. The van der Waals surface area contributed by atoms with Gasteiger partial charge in [-0.05, 0) is 24.7 Å². The number of hydrogen-bond donors (Lipinski definition) is 2. The summed E-state index contributed by atoms with van der Waals surface area (Å²) >= 11 is 0. The van der Waals surface area contributed by atoms with Crippen molar-refractivity contribution in [3.63, 3.8) is 0 Å². The number of carbonyl (C=O) groups is 1. The lowest BCUT2D eigenvalue weighted by atomic mass is 10.2. The summed E-state index contributed by atoms with van der Waals surface area (Å²) in [5.41, 5.74) is 3.10. The molecule has 0 atom stereocenters. The fourth-order valence-electron chi connectivity index (χ4n) is 1.79. The van der Waals surface area contributed by atoms with E-state index in [1.165, 1.54) is 18.2 Å². The van der Waals surface area contributed by atoms with Crippen LogP contribution in [0.15, 0.2) is 34.9 Å². The van der Waals surface area contributed by atoms with Crippen molar-refractivity contribution in [2.75, 3.05) is 7.05 Å². The topological polar surface area (TPSA) is 84.4 Å². The fourth-order valence-corrected chi connectivity index (χ4v) is 1.79. The van der Waals surface area contributed by atoms with E-state index < -0.39 is 5.91 Å². The van der Waals surface area contributed by atoms with E-state index >= 15 is 0 Å². The summed E-state index contributed by atoms with van der Waals surface area (Å²) in [6, 6.07) is 7.81. The number of hydrazine groups is 1. The molecule has 0 saturated heterocycles. The summed E-state index contributed by atoms with van der Waals surface area (Å²) in [4.78, 5) is 13.2. The van der Waals surface area contributed by atoms with E-state index in [0.717, 1.165) is 5.56 Å². The van der Waals surface area contributed by atoms with Crippen LogP contribution in [0.3, 0.4) is 0 Å². The minimum atomic E-state index is -0.499. The first kappa shape index (κ1) is 14.2. The van der Waals surface area contributed by atoms with Gasteiger partial charge in [0, 0.05) is 12.6 Å². The number of aromatic nitrogens is 1. The zero-order valence-corrected chi connectivity index (χ0v) is 11.0. The van der Waals surface area contributed by atoms with E-state index in [2.05, 4.69) is 5.16 Å². The second-order valence-electron chi connectivity index (χ2n) is 4.45. The monoisotopic (exact) mass is 278 g/mol. The van der Waals surface area contributed by atoms with Gasteiger partial charge in [-0.1, -0.05) is 17.3 Å². The zero-order valence-electron chi connectivity index (χ0n) is 11.0. The smallest absolute Gasteiger partial charge is 0.287 e. The molecular weight excluding hydrogens is 263 g/mol. The molecule has 0 fully saturated rings. The Morgan fingerprint density at radius 3 is 2.75 bits per heavy atom. The van der Waals surface area contributed by atoms with Gasteiger partial charge in [-0.2, -0.15) is 0 Å². The van der Waals surface area contributed by atoms with Crippen LogP contribution in [-0.4, -0.2) is 23.0 Å². The summed E-state index contributed by atoms with van der Waals surface area (Å²) in [5, 5.41) is 3.62. The van der Waals surface area contributed by atoms with Crippen LogP contribution in [0.4, 0.5) is 4.39 Å². The minimum Gasteiger partial charge on any atom is -0.359 e. The summed E-state index contributed by atoms with van der Waals surface area (Å²) in [7, 11) is 1.88. The number of halogens is 1. The lowest BCUT2D eigenvalue weighted by Crippen LogP contribution is -2.30. The third-order valence-corrected chi connectivity index (χ3v) is 2.71. The van der Waals surface area contributed by atoms with Crippen molar-refractivity contribution in [2.24, 2.45) is 5.84 Å². The Morgan fingerprint density at radius 2 is 2.10 bits per heavy atom. The number of carbonyl (C=O) groups excluding carboxylic acids is 1. The molecule has 6 nitrogen and oxygen atoms in total. The molecular formula is C13H15FN4O2. The SMILES string of the molecule is CN(Cc1ccc(F)cc1)Cc1cc(C(=O)NN)no1. The Balaban J connectivity index is 1.94. The van der Waals surface area contributed by atoms with Crippen molar-refractivity contribution < 1.29 is 13.7 Å². The molecule has 106 valence electrons. The van der Waals surface area contributed by atoms with Crippen molar-refractivity contribution in [3.8, 4) is 0 Å². The molecule has 0 saturated carbocycles. The molecule has 2 rings (SSSR count). The number of nitrogens with zero attached hydrogens (tertiary/aromatic N) is 2. The summed E-state index contributed by atoms with van der Waals surface area (Å²) in [6.07, 6.45) is 0. The highest BCUT2D eigenvalue weighted by molar-refractivity contribution is 5.91. The van der Waals surface area contributed by atoms with Gasteiger partial charge < -0.3 is 4.52 Å². The first-order valence-electron chi connectivity index (χ1n) is 5.98. The van der Waals surface area contributed by atoms with E-state index in [1.54, 1.807) is 12.1 Å². The van der Waals surface area contributed by atoms with Crippen molar-refractivity contribution in [3.05, 3.63) is 53.2 Å². The lowest BCUT2D eigenvalue weighted by molar-refractivity contribution is 0.0944. The lowest BCUT2D eigenvalue weighted by Gasteiger charge is -2.14. The average molecular weight is 278 g/mol. The van der Waals surface area contributed by atoms with Crippen LogP contribution in [0.25, 0.3) is 0 Å². The van der Waals surface area contributed by atoms with E-state index in [1.807, 2.05) is 17.4 Å². The second kappa shape index (κ2) is 6.27. The number of nitrogen functional groups attached to an aromatic ring is 1. The molecule has 0 aliphatic heterocycles. The first-order chi connectivity index (χ1) is 9.58. The van der Waals surface area contributed by atoms with Gasteiger partial charge in [0.2, 0.25) is 0 Å². The number of amides is 1. The van der Waals surface area contributed by atoms with Crippen LogP contribution in [0, 0.1) is 5.82 Å². The highest BCUT2D eigenvalue weighted by Gasteiger charge is 2.12. The Morgan fingerprint density at radius 1 is 1.40 bits per heavy atom. The Kier molecular flexibility index (Phi) is 4.44. The Bertz CT molecular complexity index is 582. The van der Waals surface area contributed by atoms with Gasteiger partial charge in [0.1, 0.15) is 5.82 Å². The minimum absolute atomic E-state index is 0.137. The first-order valence-corrected chi connectivity index (χ1v) is 5.98. The fraction of sp³-hybridized carbons (Fsp3) is 0.231. The van der Waals surface area contributed by atoms with Crippen molar-refractivity contribution in [2.45, 2.75) is 13.1 Å². The van der Waals surface area contributed by atoms with Crippen LogP contribution in [0.1, 0.15) is 21.8 Å². The molecule has 1 aromatic heterocycles. The predicted molar refractivity (Wildman–Crippen MR) is 69.7 cm³/mol.